The predicted molar refractivity (Wildman–Crippen MR) is 121 cm³/mol. The van der Waals surface area contributed by atoms with Crippen LogP contribution in [0, 0.1) is 5.82 Å². The van der Waals surface area contributed by atoms with Gasteiger partial charge in [0.2, 0.25) is 0 Å². The molecule has 0 aliphatic heterocycles. The quantitative estimate of drug-likeness (QED) is 0.332. The Bertz CT molecular complexity index is 1290. The van der Waals surface area contributed by atoms with Crippen molar-refractivity contribution in [3.63, 3.8) is 0 Å². The molecule has 0 radical (unpaired) electrons. The number of hydrogen-bond acceptors (Lipinski definition) is 6. The summed E-state index contributed by atoms with van der Waals surface area (Å²) in [5.74, 6) is -1.61. The van der Waals surface area contributed by atoms with Gasteiger partial charge in [-0.15, -0.1) is 0 Å². The van der Waals surface area contributed by atoms with E-state index in [9.17, 15) is 27.2 Å². The van der Waals surface area contributed by atoms with Crippen molar-refractivity contribution in [1.82, 2.24) is 10.9 Å². The van der Waals surface area contributed by atoms with Gasteiger partial charge in [0.1, 0.15) is 11.6 Å². The molecule has 2 amide bonds. The zero-order valence-electron chi connectivity index (χ0n) is 17.9. The van der Waals surface area contributed by atoms with Gasteiger partial charge in [0, 0.05) is 16.8 Å². The average Bonchev–Trinajstić information content (AvgIpc) is 2.82. The summed E-state index contributed by atoms with van der Waals surface area (Å²) in [6.07, 6.45) is 0. The molecule has 0 atom stereocenters. The molecular weight excluding hydrogens is 465 g/mol. The fourth-order valence-corrected chi connectivity index (χ4v) is 3.75. The maximum absolute atomic E-state index is 12.9. The van der Waals surface area contributed by atoms with Gasteiger partial charge in [-0.1, -0.05) is 12.1 Å². The molecule has 3 rings (SSSR count). The number of benzene rings is 3. The molecule has 0 unspecified atom stereocenters. The van der Waals surface area contributed by atoms with Crippen LogP contribution >= 0.6 is 0 Å². The number of halogens is 1. The van der Waals surface area contributed by atoms with Crippen LogP contribution in [0.1, 0.15) is 27.6 Å². The summed E-state index contributed by atoms with van der Waals surface area (Å²) in [6.45, 7) is 0.979. The zero-order valence-corrected chi connectivity index (χ0v) is 18.7. The van der Waals surface area contributed by atoms with Crippen LogP contribution in [0.15, 0.2) is 77.7 Å². The smallest absolute Gasteiger partial charge is 0.276 e. The molecule has 0 spiro atoms. The molecule has 176 valence electrons. The number of ether oxygens (including phenoxy) is 1. The van der Waals surface area contributed by atoms with Crippen LogP contribution in [0.4, 0.5) is 10.1 Å². The summed E-state index contributed by atoms with van der Waals surface area (Å²) in [5, 5.41) is 0. The number of ketones is 1. The Labute approximate surface area is 195 Å². The van der Waals surface area contributed by atoms with E-state index in [4.69, 9.17) is 4.74 Å². The van der Waals surface area contributed by atoms with Gasteiger partial charge in [-0.05, 0) is 67.6 Å². The number of hydrazine groups is 1. The maximum atomic E-state index is 12.9. The first-order chi connectivity index (χ1) is 16.1. The second kappa shape index (κ2) is 10.6. The van der Waals surface area contributed by atoms with Crippen LogP contribution in [-0.4, -0.2) is 32.6 Å². The van der Waals surface area contributed by atoms with E-state index < -0.39 is 34.3 Å². The normalized spacial score (nSPS) is 10.8. The minimum absolute atomic E-state index is 0.0233. The van der Waals surface area contributed by atoms with Gasteiger partial charge >= 0.3 is 0 Å². The van der Waals surface area contributed by atoms with E-state index in [-0.39, 0.29) is 27.7 Å². The molecule has 0 bridgehead atoms. The number of carbonyl (C=O) groups is 3. The molecule has 0 fully saturated rings. The van der Waals surface area contributed by atoms with Gasteiger partial charge < -0.3 is 4.74 Å². The highest BCUT2D eigenvalue weighted by Gasteiger charge is 2.15. The SMILES string of the molecule is CC(=O)c1ccc(S(=O)(=O)Nc2ccc(C(=O)NNC(=O)COc3ccc(F)cc3)cc2)cc1. The molecular formula is C23H20FN3O6S. The van der Waals surface area contributed by atoms with E-state index >= 15 is 0 Å². The molecule has 0 saturated carbocycles. The summed E-state index contributed by atoms with van der Waals surface area (Å²) < 4.78 is 45.4. The third-order valence-electron chi connectivity index (χ3n) is 4.47. The number of Topliss-reactive ketones (excluding diaryl/α,β-unsaturated/α-hetero) is 1. The van der Waals surface area contributed by atoms with Crippen LogP contribution in [0.25, 0.3) is 0 Å². The van der Waals surface area contributed by atoms with Crippen molar-refractivity contribution in [3.05, 3.63) is 89.7 Å². The van der Waals surface area contributed by atoms with Crippen LogP contribution in [0.3, 0.4) is 0 Å². The Morgan fingerprint density at radius 3 is 2.00 bits per heavy atom. The van der Waals surface area contributed by atoms with Gasteiger partial charge in [-0.3, -0.25) is 30.0 Å². The van der Waals surface area contributed by atoms with E-state index in [0.717, 1.165) is 0 Å². The molecule has 3 aromatic rings. The standard InChI is InChI=1S/C23H20FN3O6S/c1-15(28)16-4-12-21(13-5-16)34(31,32)27-19-8-2-17(3-9-19)23(30)26-25-22(29)14-33-20-10-6-18(24)7-11-20/h2-13,27H,14H2,1H3,(H,25,29)(H,26,30). The molecule has 0 aromatic heterocycles. The molecule has 0 heterocycles. The molecule has 0 saturated heterocycles. The Morgan fingerprint density at radius 2 is 1.41 bits per heavy atom. The third-order valence-corrected chi connectivity index (χ3v) is 5.87. The number of sulfonamides is 1. The van der Waals surface area contributed by atoms with Gasteiger partial charge in [-0.25, -0.2) is 12.8 Å². The first kappa shape index (κ1) is 24.4. The van der Waals surface area contributed by atoms with E-state index in [1.165, 1.54) is 79.7 Å². The third kappa shape index (κ3) is 6.62. The number of anilines is 1. The number of rotatable bonds is 8. The van der Waals surface area contributed by atoms with E-state index in [2.05, 4.69) is 15.6 Å². The maximum Gasteiger partial charge on any atom is 0.276 e. The lowest BCUT2D eigenvalue weighted by atomic mass is 10.2. The Hall–Kier alpha value is -4.25. The van der Waals surface area contributed by atoms with E-state index in [0.29, 0.717) is 5.56 Å². The lowest BCUT2D eigenvalue weighted by molar-refractivity contribution is -0.123. The summed E-state index contributed by atoms with van der Waals surface area (Å²) >= 11 is 0. The average molecular weight is 485 g/mol. The molecule has 34 heavy (non-hydrogen) atoms. The summed E-state index contributed by atoms with van der Waals surface area (Å²) in [6, 6.07) is 16.1. The zero-order chi connectivity index (χ0) is 24.7. The topological polar surface area (TPSA) is 131 Å². The molecule has 3 aromatic carbocycles. The first-order valence-corrected chi connectivity index (χ1v) is 11.3. The van der Waals surface area contributed by atoms with Crippen LogP contribution in [-0.2, 0) is 14.8 Å². The fourth-order valence-electron chi connectivity index (χ4n) is 2.69. The Kier molecular flexibility index (Phi) is 7.59. The molecule has 0 aliphatic rings. The van der Waals surface area contributed by atoms with Crippen LogP contribution < -0.4 is 20.3 Å². The van der Waals surface area contributed by atoms with Gasteiger partial charge in [0.15, 0.2) is 12.4 Å². The second-order valence-electron chi connectivity index (χ2n) is 7.01. The van der Waals surface area contributed by atoms with Crippen molar-refractivity contribution >= 4 is 33.3 Å². The lowest BCUT2D eigenvalue weighted by Crippen LogP contribution is -2.43. The van der Waals surface area contributed by atoms with Crippen molar-refractivity contribution in [2.45, 2.75) is 11.8 Å². The molecule has 3 N–H and O–H groups in total. The highest BCUT2D eigenvalue weighted by atomic mass is 32.2. The van der Waals surface area contributed by atoms with Crippen LogP contribution in [0.2, 0.25) is 0 Å². The largest absolute Gasteiger partial charge is 0.484 e. The monoisotopic (exact) mass is 485 g/mol. The van der Waals surface area contributed by atoms with Gasteiger partial charge in [-0.2, -0.15) is 0 Å². The summed E-state index contributed by atoms with van der Waals surface area (Å²) in [4.78, 5) is 35.3. The second-order valence-corrected chi connectivity index (χ2v) is 8.69. The summed E-state index contributed by atoms with van der Waals surface area (Å²) in [7, 11) is -3.90. The van der Waals surface area contributed by atoms with Crippen LogP contribution in [0.5, 0.6) is 5.75 Å². The van der Waals surface area contributed by atoms with Crippen molar-refractivity contribution < 1.29 is 31.9 Å². The Morgan fingerprint density at radius 1 is 0.824 bits per heavy atom. The van der Waals surface area contributed by atoms with Gasteiger partial charge in [0.25, 0.3) is 21.8 Å². The predicted octanol–water partition coefficient (Wildman–Crippen LogP) is 2.67. The minimum atomic E-state index is -3.90. The van der Waals surface area contributed by atoms with E-state index in [1.807, 2.05) is 0 Å². The molecule has 9 nitrogen and oxygen atoms in total. The number of nitrogens with one attached hydrogen (secondary N) is 3. The minimum Gasteiger partial charge on any atom is -0.484 e. The highest BCUT2D eigenvalue weighted by molar-refractivity contribution is 7.92. The molecule has 11 heteroatoms. The number of amides is 2. The van der Waals surface area contributed by atoms with Gasteiger partial charge in [0.05, 0.1) is 4.90 Å². The number of hydrogen-bond donors (Lipinski definition) is 3. The Balaban J connectivity index is 1.51. The number of carbonyl (C=O) groups excluding carboxylic acids is 3. The highest BCUT2D eigenvalue weighted by Crippen LogP contribution is 2.17. The summed E-state index contributed by atoms with van der Waals surface area (Å²) in [5.41, 5.74) is 5.15. The van der Waals surface area contributed by atoms with Crippen molar-refractivity contribution in [2.75, 3.05) is 11.3 Å². The van der Waals surface area contributed by atoms with Crippen molar-refractivity contribution in [1.29, 1.82) is 0 Å². The lowest BCUT2D eigenvalue weighted by Gasteiger charge is -2.10. The first-order valence-electron chi connectivity index (χ1n) is 9.85. The fraction of sp³-hybridized carbons (Fsp3) is 0.0870. The van der Waals surface area contributed by atoms with Crippen molar-refractivity contribution in [3.8, 4) is 5.75 Å². The van der Waals surface area contributed by atoms with Crippen molar-refractivity contribution in [2.24, 2.45) is 0 Å². The molecule has 0 aliphatic carbocycles. The van der Waals surface area contributed by atoms with E-state index in [1.54, 1.807) is 0 Å².